The minimum atomic E-state index is -1.20. The Hall–Kier alpha value is -3.15. The van der Waals surface area contributed by atoms with E-state index < -0.39 is 17.5 Å². The summed E-state index contributed by atoms with van der Waals surface area (Å²) in [5.74, 6) is -0.573. The molecule has 6 nitrogen and oxygen atoms in total. The van der Waals surface area contributed by atoms with E-state index in [2.05, 4.69) is 16.0 Å². The van der Waals surface area contributed by atoms with Crippen LogP contribution in [-0.4, -0.2) is 24.4 Å². The second-order valence-electron chi connectivity index (χ2n) is 6.27. The molecule has 4 amide bonds. The van der Waals surface area contributed by atoms with Crippen molar-refractivity contribution in [2.75, 3.05) is 6.54 Å². The zero-order valence-corrected chi connectivity index (χ0v) is 14.3. The molecule has 3 N–H and O–H groups in total. The summed E-state index contributed by atoms with van der Waals surface area (Å²) in [5.41, 5.74) is 0.617. The van der Waals surface area contributed by atoms with Gasteiger partial charge < -0.3 is 10.6 Å². The molecule has 2 aromatic rings. The minimum Gasteiger partial charge on any atom is -0.356 e. The lowest BCUT2D eigenvalue weighted by molar-refractivity contribution is -0.125. The Bertz CT molecular complexity index is 792. The molecular weight excluding hydrogens is 330 g/mol. The number of nitrogens with one attached hydrogen (secondary N) is 3. The van der Waals surface area contributed by atoms with E-state index in [1.807, 2.05) is 36.4 Å². The fourth-order valence-electron chi connectivity index (χ4n) is 3.12. The highest BCUT2D eigenvalue weighted by atomic mass is 16.2. The van der Waals surface area contributed by atoms with Gasteiger partial charge in [0.1, 0.15) is 5.54 Å². The van der Waals surface area contributed by atoms with Crippen molar-refractivity contribution in [2.45, 2.75) is 24.8 Å². The predicted molar refractivity (Wildman–Crippen MR) is 97.2 cm³/mol. The minimum absolute atomic E-state index is 0.136. The highest BCUT2D eigenvalue weighted by Crippen LogP contribution is 2.29. The summed E-state index contributed by atoms with van der Waals surface area (Å²) in [6, 6.07) is 18.3. The number of carbonyl (C=O) groups excluding carboxylic acids is 3. The van der Waals surface area contributed by atoms with Crippen molar-refractivity contribution in [3.05, 3.63) is 71.8 Å². The molecule has 0 aliphatic carbocycles. The fraction of sp³-hybridized carbons (Fsp3) is 0.250. The van der Waals surface area contributed by atoms with Crippen LogP contribution in [0.5, 0.6) is 0 Å². The summed E-state index contributed by atoms with van der Waals surface area (Å²) in [5, 5.41) is 7.83. The molecule has 1 aliphatic heterocycles. The summed E-state index contributed by atoms with van der Waals surface area (Å²) < 4.78 is 0. The van der Waals surface area contributed by atoms with Gasteiger partial charge in [0, 0.05) is 13.0 Å². The van der Waals surface area contributed by atoms with Crippen LogP contribution in [-0.2, 0) is 21.5 Å². The van der Waals surface area contributed by atoms with Crippen LogP contribution < -0.4 is 16.0 Å². The Kier molecular flexibility index (Phi) is 5.31. The average Bonchev–Trinajstić information content (AvgIpc) is 2.96. The van der Waals surface area contributed by atoms with E-state index in [4.69, 9.17) is 0 Å². The molecule has 0 spiro atoms. The van der Waals surface area contributed by atoms with E-state index in [0.29, 0.717) is 12.1 Å². The Labute approximate surface area is 152 Å². The van der Waals surface area contributed by atoms with Gasteiger partial charge in [-0.3, -0.25) is 14.9 Å². The first-order chi connectivity index (χ1) is 12.6. The number of hydrogen-bond donors (Lipinski definition) is 3. The molecule has 1 saturated heterocycles. The van der Waals surface area contributed by atoms with Gasteiger partial charge in [0.2, 0.25) is 5.91 Å². The zero-order chi connectivity index (χ0) is 18.4. The summed E-state index contributed by atoms with van der Waals surface area (Å²) in [6.45, 7) is 0.528. The van der Waals surface area contributed by atoms with Gasteiger partial charge in [-0.15, -0.1) is 0 Å². The molecule has 0 bridgehead atoms. The molecule has 1 atom stereocenters. The smallest absolute Gasteiger partial charge is 0.322 e. The molecule has 1 aliphatic rings. The lowest BCUT2D eigenvalue weighted by Gasteiger charge is -2.26. The SMILES string of the molecule is O=C(CCC1(c2ccccc2)NC(=O)NC1=O)NCCc1ccccc1. The first-order valence-corrected chi connectivity index (χ1v) is 8.60. The number of amides is 4. The first kappa shape index (κ1) is 17.7. The van der Waals surface area contributed by atoms with E-state index in [-0.39, 0.29) is 18.7 Å². The van der Waals surface area contributed by atoms with Crippen LogP contribution in [0.4, 0.5) is 4.79 Å². The molecule has 2 aromatic carbocycles. The predicted octanol–water partition coefficient (Wildman–Crippen LogP) is 1.86. The van der Waals surface area contributed by atoms with Crippen molar-refractivity contribution in [1.29, 1.82) is 0 Å². The van der Waals surface area contributed by atoms with Gasteiger partial charge in [-0.2, -0.15) is 0 Å². The standard InChI is InChI=1S/C20H21N3O3/c24-17(21-14-12-15-7-3-1-4-8-15)11-13-20(16-9-5-2-6-10-16)18(25)22-19(26)23-20/h1-10H,11-14H2,(H,21,24)(H2,22,23,25,26). The number of carbonyl (C=O) groups is 3. The van der Waals surface area contributed by atoms with Gasteiger partial charge >= 0.3 is 6.03 Å². The quantitative estimate of drug-likeness (QED) is 0.666. The monoisotopic (exact) mass is 351 g/mol. The molecule has 3 rings (SSSR count). The number of rotatable bonds is 7. The summed E-state index contributed by atoms with van der Waals surface area (Å²) >= 11 is 0. The third-order valence-corrected chi connectivity index (χ3v) is 4.51. The van der Waals surface area contributed by atoms with E-state index >= 15 is 0 Å². The molecule has 0 saturated carbocycles. The molecule has 0 radical (unpaired) electrons. The molecule has 0 aromatic heterocycles. The maximum atomic E-state index is 12.4. The largest absolute Gasteiger partial charge is 0.356 e. The van der Waals surface area contributed by atoms with Crippen molar-refractivity contribution in [2.24, 2.45) is 0 Å². The van der Waals surface area contributed by atoms with Crippen LogP contribution in [0.25, 0.3) is 0 Å². The van der Waals surface area contributed by atoms with Crippen LogP contribution in [0.2, 0.25) is 0 Å². The second-order valence-corrected chi connectivity index (χ2v) is 6.27. The Morgan fingerprint density at radius 1 is 0.962 bits per heavy atom. The van der Waals surface area contributed by atoms with Gasteiger partial charge in [0.05, 0.1) is 0 Å². The van der Waals surface area contributed by atoms with Crippen LogP contribution in [0.1, 0.15) is 24.0 Å². The Balaban J connectivity index is 1.59. The molecular formula is C20H21N3O3. The molecule has 6 heteroatoms. The number of benzene rings is 2. The van der Waals surface area contributed by atoms with Crippen LogP contribution in [0, 0.1) is 0 Å². The van der Waals surface area contributed by atoms with Crippen molar-refractivity contribution in [1.82, 2.24) is 16.0 Å². The van der Waals surface area contributed by atoms with Crippen molar-refractivity contribution in [3.63, 3.8) is 0 Å². The van der Waals surface area contributed by atoms with Crippen molar-refractivity contribution < 1.29 is 14.4 Å². The van der Waals surface area contributed by atoms with Gasteiger partial charge in [-0.05, 0) is 24.0 Å². The van der Waals surface area contributed by atoms with E-state index in [1.54, 1.807) is 24.3 Å². The lowest BCUT2D eigenvalue weighted by atomic mass is 9.85. The average molecular weight is 351 g/mol. The second kappa shape index (κ2) is 7.82. The first-order valence-electron chi connectivity index (χ1n) is 8.60. The summed E-state index contributed by atoms with van der Waals surface area (Å²) in [7, 11) is 0. The third-order valence-electron chi connectivity index (χ3n) is 4.51. The van der Waals surface area contributed by atoms with Crippen molar-refractivity contribution in [3.8, 4) is 0 Å². The Morgan fingerprint density at radius 2 is 1.62 bits per heavy atom. The van der Waals surface area contributed by atoms with Gasteiger partial charge in [-0.1, -0.05) is 60.7 Å². The van der Waals surface area contributed by atoms with E-state index in [0.717, 1.165) is 12.0 Å². The zero-order valence-electron chi connectivity index (χ0n) is 14.3. The van der Waals surface area contributed by atoms with Crippen LogP contribution in [0.3, 0.4) is 0 Å². The Morgan fingerprint density at radius 3 is 2.23 bits per heavy atom. The van der Waals surface area contributed by atoms with Gasteiger partial charge in [0.25, 0.3) is 5.91 Å². The fourth-order valence-corrected chi connectivity index (χ4v) is 3.12. The number of imide groups is 1. The summed E-state index contributed by atoms with van der Waals surface area (Å²) in [6.07, 6.45) is 1.08. The number of hydrogen-bond acceptors (Lipinski definition) is 3. The topological polar surface area (TPSA) is 87.3 Å². The van der Waals surface area contributed by atoms with Crippen molar-refractivity contribution >= 4 is 17.8 Å². The van der Waals surface area contributed by atoms with Gasteiger partial charge in [0.15, 0.2) is 0 Å². The van der Waals surface area contributed by atoms with Crippen LogP contribution >= 0.6 is 0 Å². The van der Waals surface area contributed by atoms with E-state index in [1.165, 1.54) is 0 Å². The molecule has 1 heterocycles. The number of urea groups is 1. The highest BCUT2D eigenvalue weighted by molar-refractivity contribution is 6.07. The normalized spacial score (nSPS) is 18.9. The maximum Gasteiger partial charge on any atom is 0.322 e. The van der Waals surface area contributed by atoms with Crippen LogP contribution in [0.15, 0.2) is 60.7 Å². The third kappa shape index (κ3) is 3.91. The molecule has 1 unspecified atom stereocenters. The maximum absolute atomic E-state index is 12.4. The molecule has 26 heavy (non-hydrogen) atoms. The molecule has 134 valence electrons. The molecule has 1 fully saturated rings. The highest BCUT2D eigenvalue weighted by Gasteiger charge is 2.47. The lowest BCUT2D eigenvalue weighted by Crippen LogP contribution is -2.44. The van der Waals surface area contributed by atoms with Gasteiger partial charge in [-0.25, -0.2) is 4.79 Å². The van der Waals surface area contributed by atoms with E-state index in [9.17, 15) is 14.4 Å². The summed E-state index contributed by atoms with van der Waals surface area (Å²) in [4.78, 5) is 36.3.